The van der Waals surface area contributed by atoms with Gasteiger partial charge in [0.05, 0.1) is 22.3 Å². The van der Waals surface area contributed by atoms with E-state index in [4.69, 9.17) is 16.7 Å². The average molecular weight is 483 g/mol. The first-order valence-corrected chi connectivity index (χ1v) is 12.1. The number of rotatable bonds is 5. The van der Waals surface area contributed by atoms with Gasteiger partial charge in [0, 0.05) is 23.8 Å². The molecule has 4 rings (SSSR count). The van der Waals surface area contributed by atoms with Gasteiger partial charge in [0.2, 0.25) is 5.91 Å². The van der Waals surface area contributed by atoms with Gasteiger partial charge < -0.3 is 5.32 Å². The Hall–Kier alpha value is -2.70. The van der Waals surface area contributed by atoms with Crippen molar-refractivity contribution >= 4 is 23.2 Å². The van der Waals surface area contributed by atoms with Crippen LogP contribution in [0, 0.1) is 5.82 Å². The molecule has 1 saturated heterocycles. The summed E-state index contributed by atoms with van der Waals surface area (Å²) in [7, 11) is 0. The van der Waals surface area contributed by atoms with Crippen LogP contribution in [0.5, 0.6) is 0 Å². The van der Waals surface area contributed by atoms with Crippen LogP contribution >= 0.6 is 11.6 Å². The van der Waals surface area contributed by atoms with Crippen LogP contribution < -0.4 is 10.6 Å². The summed E-state index contributed by atoms with van der Waals surface area (Å²) in [5, 5.41) is 11.4. The lowest BCUT2D eigenvalue weighted by atomic mass is 9.90. The Labute approximate surface area is 205 Å². The average Bonchev–Trinajstić information content (AvgIpc) is 3.43. The molecule has 5 nitrogen and oxygen atoms in total. The van der Waals surface area contributed by atoms with Gasteiger partial charge >= 0.3 is 0 Å². The number of hydrogen-bond donors (Lipinski definition) is 2. The fourth-order valence-corrected chi connectivity index (χ4v) is 4.53. The van der Waals surface area contributed by atoms with Gasteiger partial charge in [-0.25, -0.2) is 4.39 Å². The summed E-state index contributed by atoms with van der Waals surface area (Å²) in [6.07, 6.45) is 2.51. The molecule has 2 N–H and O–H groups in total. The molecule has 0 spiro atoms. The molecule has 0 bridgehead atoms. The van der Waals surface area contributed by atoms with Crippen molar-refractivity contribution in [3.05, 3.63) is 82.4 Å². The molecule has 0 aliphatic carbocycles. The second kappa shape index (κ2) is 9.51. The highest BCUT2D eigenvalue weighted by atomic mass is 35.5. The Bertz CT molecular complexity index is 1180. The third kappa shape index (κ3) is 5.18. The van der Waals surface area contributed by atoms with E-state index in [0.29, 0.717) is 12.3 Å². The minimum atomic E-state index is -0.474. The van der Waals surface area contributed by atoms with Crippen molar-refractivity contribution in [2.45, 2.75) is 70.5 Å². The van der Waals surface area contributed by atoms with Gasteiger partial charge in [-0.2, -0.15) is 5.10 Å². The quantitative estimate of drug-likeness (QED) is 0.443. The summed E-state index contributed by atoms with van der Waals surface area (Å²) in [5.41, 5.74) is 3.39. The van der Waals surface area contributed by atoms with Gasteiger partial charge in [0.25, 0.3) is 0 Å². The number of halogens is 2. The largest absolute Gasteiger partial charge is 0.325 e. The zero-order valence-corrected chi connectivity index (χ0v) is 21.0. The maximum atomic E-state index is 14.3. The van der Waals surface area contributed by atoms with Gasteiger partial charge in [-0.05, 0) is 74.6 Å². The monoisotopic (exact) mass is 482 g/mol. The summed E-state index contributed by atoms with van der Waals surface area (Å²) in [5.74, 6) is -0.314. The van der Waals surface area contributed by atoms with Crippen molar-refractivity contribution in [2.24, 2.45) is 0 Å². The van der Waals surface area contributed by atoms with Gasteiger partial charge in [-0.1, -0.05) is 43.6 Å². The van der Waals surface area contributed by atoms with Crippen molar-refractivity contribution in [1.29, 1.82) is 0 Å². The number of carbonyl (C=O) groups excluding carboxylic acids is 1. The molecule has 3 atom stereocenters. The minimum absolute atomic E-state index is 0.0784. The second-order valence-electron chi connectivity index (χ2n) is 10.3. The van der Waals surface area contributed by atoms with Crippen LogP contribution in [0.1, 0.15) is 75.7 Å². The summed E-state index contributed by atoms with van der Waals surface area (Å²) in [6.45, 7) is 10.5. The summed E-state index contributed by atoms with van der Waals surface area (Å²) in [6, 6.07) is 14.0. The second-order valence-corrected chi connectivity index (χ2v) is 10.7. The topological polar surface area (TPSA) is 59.0 Å². The smallest absolute Gasteiger partial charge is 0.241 e. The van der Waals surface area contributed by atoms with E-state index >= 15 is 0 Å². The highest BCUT2D eigenvalue weighted by Crippen LogP contribution is 2.41. The number of carbonyl (C=O) groups is 1. The van der Waals surface area contributed by atoms with Crippen LogP contribution in [0.15, 0.2) is 54.7 Å². The van der Waals surface area contributed by atoms with E-state index < -0.39 is 11.9 Å². The SMILES string of the molecule is CC(C)c1cccc(NC(=O)[C@@H]2C[C@@H](c3ccn(C(C)(C)C)n3)[C@H](c3ccc(Cl)c(F)c3)N2)c1. The van der Waals surface area contributed by atoms with E-state index in [9.17, 15) is 9.18 Å². The zero-order valence-electron chi connectivity index (χ0n) is 20.3. The predicted molar refractivity (Wildman–Crippen MR) is 135 cm³/mol. The van der Waals surface area contributed by atoms with E-state index in [1.807, 2.05) is 41.2 Å². The normalized spacial score (nSPS) is 20.6. The summed E-state index contributed by atoms with van der Waals surface area (Å²) < 4.78 is 16.2. The molecule has 1 aromatic heterocycles. The van der Waals surface area contributed by atoms with Gasteiger partial charge in [0.15, 0.2) is 0 Å². The van der Waals surface area contributed by atoms with Gasteiger partial charge in [0.1, 0.15) is 5.82 Å². The predicted octanol–water partition coefficient (Wildman–Crippen LogP) is 6.38. The molecule has 2 aromatic carbocycles. The number of benzene rings is 2. The third-order valence-corrected chi connectivity index (χ3v) is 6.70. The lowest BCUT2D eigenvalue weighted by Crippen LogP contribution is -2.36. The summed E-state index contributed by atoms with van der Waals surface area (Å²) in [4.78, 5) is 13.2. The van der Waals surface area contributed by atoms with Gasteiger partial charge in [-0.15, -0.1) is 0 Å². The lowest BCUT2D eigenvalue weighted by molar-refractivity contribution is -0.117. The molecule has 0 unspecified atom stereocenters. The molecule has 7 heteroatoms. The fraction of sp³-hybridized carbons (Fsp3) is 0.407. The Balaban J connectivity index is 1.61. The molecule has 0 radical (unpaired) electrons. The number of amides is 1. The molecular weight excluding hydrogens is 451 g/mol. The highest BCUT2D eigenvalue weighted by Gasteiger charge is 2.40. The van der Waals surface area contributed by atoms with Crippen LogP contribution in [0.2, 0.25) is 5.02 Å². The molecule has 0 saturated carbocycles. The van der Waals surface area contributed by atoms with Crippen molar-refractivity contribution in [3.8, 4) is 0 Å². The number of hydrogen-bond acceptors (Lipinski definition) is 3. The lowest BCUT2D eigenvalue weighted by Gasteiger charge is -2.21. The Morgan fingerprint density at radius 1 is 1.21 bits per heavy atom. The first-order valence-electron chi connectivity index (χ1n) is 11.7. The van der Waals surface area contributed by atoms with Crippen molar-refractivity contribution < 1.29 is 9.18 Å². The van der Waals surface area contributed by atoms with Crippen LogP contribution in [-0.2, 0) is 10.3 Å². The van der Waals surface area contributed by atoms with E-state index in [-0.39, 0.29) is 28.4 Å². The van der Waals surface area contributed by atoms with E-state index in [1.54, 1.807) is 6.07 Å². The van der Waals surface area contributed by atoms with E-state index in [2.05, 4.69) is 51.3 Å². The van der Waals surface area contributed by atoms with E-state index in [0.717, 1.165) is 22.5 Å². The molecular formula is C27H32ClFN4O. The van der Waals surface area contributed by atoms with Crippen molar-refractivity contribution in [1.82, 2.24) is 15.1 Å². The Morgan fingerprint density at radius 2 is 1.97 bits per heavy atom. The Kier molecular flexibility index (Phi) is 6.83. The number of aromatic nitrogens is 2. The zero-order chi connectivity index (χ0) is 24.6. The molecule has 3 aromatic rings. The molecule has 1 fully saturated rings. The third-order valence-electron chi connectivity index (χ3n) is 6.39. The first kappa shape index (κ1) is 24.4. The van der Waals surface area contributed by atoms with Crippen molar-refractivity contribution in [2.75, 3.05) is 5.32 Å². The van der Waals surface area contributed by atoms with Crippen LogP contribution in [0.25, 0.3) is 0 Å². The molecule has 34 heavy (non-hydrogen) atoms. The van der Waals surface area contributed by atoms with Gasteiger partial charge in [-0.3, -0.25) is 14.8 Å². The maximum absolute atomic E-state index is 14.3. The highest BCUT2D eigenvalue weighted by molar-refractivity contribution is 6.30. The first-order chi connectivity index (χ1) is 16.0. The van der Waals surface area contributed by atoms with Crippen LogP contribution in [-0.4, -0.2) is 21.7 Å². The molecule has 180 valence electrons. The van der Waals surface area contributed by atoms with Crippen LogP contribution in [0.4, 0.5) is 10.1 Å². The molecule has 1 amide bonds. The van der Waals surface area contributed by atoms with Crippen LogP contribution in [0.3, 0.4) is 0 Å². The molecule has 2 heterocycles. The fourth-order valence-electron chi connectivity index (χ4n) is 4.41. The van der Waals surface area contributed by atoms with E-state index in [1.165, 1.54) is 6.07 Å². The van der Waals surface area contributed by atoms with Crippen molar-refractivity contribution in [3.63, 3.8) is 0 Å². The summed E-state index contributed by atoms with van der Waals surface area (Å²) >= 11 is 5.92. The standard InChI is InChI=1S/C27H32ClFN4O/c1-16(2)17-7-6-8-19(13-17)30-26(34)24-15-20(23-11-12-33(32-23)27(3,4)5)25(31-24)18-9-10-21(28)22(29)14-18/h6-14,16,20,24-25,31H,15H2,1-5H3,(H,30,34)/t20-,24-,25-/m0/s1. The Morgan fingerprint density at radius 3 is 2.62 bits per heavy atom. The number of anilines is 1. The molecule has 1 aliphatic heterocycles. The minimum Gasteiger partial charge on any atom is -0.325 e. The molecule has 1 aliphatic rings. The maximum Gasteiger partial charge on any atom is 0.241 e. The number of nitrogens with one attached hydrogen (secondary N) is 2. The number of nitrogens with zero attached hydrogens (tertiary/aromatic N) is 2.